The van der Waals surface area contributed by atoms with Gasteiger partial charge in [-0.3, -0.25) is 4.79 Å². The van der Waals surface area contributed by atoms with Gasteiger partial charge in [0.25, 0.3) is 0 Å². The molecule has 0 spiro atoms. The van der Waals surface area contributed by atoms with E-state index in [9.17, 15) is 4.79 Å². The molecule has 0 radical (unpaired) electrons. The van der Waals surface area contributed by atoms with Gasteiger partial charge in [-0.1, -0.05) is 15.9 Å². The second-order valence-electron chi connectivity index (χ2n) is 4.01. The first-order chi connectivity index (χ1) is 8.15. The van der Waals surface area contributed by atoms with Gasteiger partial charge in [-0.2, -0.15) is 0 Å². The second-order valence-corrected chi connectivity index (χ2v) is 4.93. The molecule has 1 aliphatic rings. The minimum absolute atomic E-state index is 0.126. The Morgan fingerprint density at radius 3 is 2.88 bits per heavy atom. The summed E-state index contributed by atoms with van der Waals surface area (Å²) in [6.07, 6.45) is 0.534. The van der Waals surface area contributed by atoms with E-state index in [0.29, 0.717) is 13.0 Å². The molecule has 0 aromatic heterocycles. The zero-order valence-corrected chi connectivity index (χ0v) is 11.5. The van der Waals surface area contributed by atoms with E-state index >= 15 is 0 Å². The van der Waals surface area contributed by atoms with Gasteiger partial charge in [0.05, 0.1) is 12.8 Å². The summed E-state index contributed by atoms with van der Waals surface area (Å²) < 4.78 is 6.23. The molecule has 1 heterocycles. The number of likely N-dealkylation sites (N-methyl/N-ethyl adjacent to an activating group) is 1. The summed E-state index contributed by atoms with van der Waals surface area (Å²) in [6, 6.07) is 5.89. The Morgan fingerprint density at radius 2 is 2.29 bits per heavy atom. The first kappa shape index (κ1) is 12.4. The maximum absolute atomic E-state index is 11.9. The van der Waals surface area contributed by atoms with Crippen LogP contribution in [0.1, 0.15) is 6.42 Å². The van der Waals surface area contributed by atoms with E-state index in [1.54, 1.807) is 12.0 Å². The monoisotopic (exact) mass is 298 g/mol. The Balaban J connectivity index is 2.33. The molecule has 17 heavy (non-hydrogen) atoms. The molecule has 1 aliphatic heterocycles. The van der Waals surface area contributed by atoms with Gasteiger partial charge < -0.3 is 15.0 Å². The molecule has 1 amide bonds. The lowest BCUT2D eigenvalue weighted by atomic mass is 10.2. The van der Waals surface area contributed by atoms with Crippen LogP contribution >= 0.6 is 15.9 Å². The number of halogens is 1. The highest BCUT2D eigenvalue weighted by Crippen LogP contribution is 2.33. The van der Waals surface area contributed by atoms with Gasteiger partial charge in [0, 0.05) is 23.5 Å². The summed E-state index contributed by atoms with van der Waals surface area (Å²) in [5, 5.41) is 3.13. The van der Waals surface area contributed by atoms with Crippen LogP contribution in [0.3, 0.4) is 0 Å². The van der Waals surface area contributed by atoms with E-state index in [-0.39, 0.29) is 11.9 Å². The molecular formula is C12H15BrN2O2. The molecule has 0 bridgehead atoms. The number of ether oxygens (including phenoxy) is 1. The Morgan fingerprint density at radius 1 is 1.53 bits per heavy atom. The van der Waals surface area contributed by atoms with Crippen molar-refractivity contribution in [1.29, 1.82) is 0 Å². The van der Waals surface area contributed by atoms with Crippen molar-refractivity contribution in [1.82, 2.24) is 5.32 Å². The number of hydrogen-bond donors (Lipinski definition) is 1. The zero-order chi connectivity index (χ0) is 12.4. The van der Waals surface area contributed by atoms with Gasteiger partial charge in [0.15, 0.2) is 0 Å². The van der Waals surface area contributed by atoms with Crippen molar-refractivity contribution in [3.05, 3.63) is 22.7 Å². The smallest absolute Gasteiger partial charge is 0.228 e. The minimum Gasteiger partial charge on any atom is -0.495 e. The molecule has 2 rings (SSSR count). The lowest BCUT2D eigenvalue weighted by Gasteiger charge is -2.19. The van der Waals surface area contributed by atoms with Crippen molar-refractivity contribution in [2.24, 2.45) is 0 Å². The quantitative estimate of drug-likeness (QED) is 0.925. The predicted molar refractivity (Wildman–Crippen MR) is 70.5 cm³/mol. The van der Waals surface area contributed by atoms with Gasteiger partial charge in [-0.05, 0) is 25.2 Å². The Kier molecular flexibility index (Phi) is 3.69. The van der Waals surface area contributed by atoms with E-state index in [1.165, 1.54) is 0 Å². The highest BCUT2D eigenvalue weighted by Gasteiger charge is 2.31. The molecule has 1 unspecified atom stereocenters. The summed E-state index contributed by atoms with van der Waals surface area (Å²) >= 11 is 3.42. The third kappa shape index (κ3) is 2.45. The van der Waals surface area contributed by atoms with Crippen molar-refractivity contribution < 1.29 is 9.53 Å². The van der Waals surface area contributed by atoms with Crippen molar-refractivity contribution in [2.75, 3.05) is 25.6 Å². The average Bonchev–Trinajstić information content (AvgIpc) is 2.70. The van der Waals surface area contributed by atoms with Crippen LogP contribution in [0.5, 0.6) is 5.75 Å². The molecule has 4 nitrogen and oxygen atoms in total. The van der Waals surface area contributed by atoms with Gasteiger partial charge in [-0.25, -0.2) is 0 Å². The predicted octanol–water partition coefficient (Wildman–Crippen LogP) is 1.78. The van der Waals surface area contributed by atoms with Crippen LogP contribution in [0.4, 0.5) is 5.69 Å². The largest absolute Gasteiger partial charge is 0.495 e. The first-order valence-corrected chi connectivity index (χ1v) is 6.26. The second kappa shape index (κ2) is 5.06. The van der Waals surface area contributed by atoms with E-state index in [0.717, 1.165) is 15.9 Å². The standard InChI is InChI=1S/C12H15BrN2O2/c1-14-9-6-12(16)15(7-9)10-5-8(13)3-4-11(10)17-2/h3-5,9,14H,6-7H2,1-2H3. The summed E-state index contributed by atoms with van der Waals surface area (Å²) in [5.74, 6) is 0.846. The Hall–Kier alpha value is -1.07. The lowest BCUT2D eigenvalue weighted by molar-refractivity contribution is -0.117. The SMILES string of the molecule is CNC1CC(=O)N(c2cc(Br)ccc2OC)C1. The Bertz CT molecular complexity index is 437. The van der Waals surface area contributed by atoms with E-state index in [4.69, 9.17) is 4.74 Å². The molecule has 1 aromatic rings. The van der Waals surface area contributed by atoms with Gasteiger partial charge in [0.1, 0.15) is 5.75 Å². The molecule has 5 heteroatoms. The first-order valence-electron chi connectivity index (χ1n) is 5.47. The third-order valence-electron chi connectivity index (χ3n) is 2.96. The summed E-state index contributed by atoms with van der Waals surface area (Å²) in [7, 11) is 3.49. The molecule has 1 saturated heterocycles. The number of nitrogens with one attached hydrogen (secondary N) is 1. The molecule has 1 fully saturated rings. The van der Waals surface area contributed by atoms with Crippen molar-refractivity contribution in [3.8, 4) is 5.75 Å². The average molecular weight is 299 g/mol. The normalized spacial score (nSPS) is 19.8. The molecule has 0 saturated carbocycles. The van der Waals surface area contributed by atoms with Crippen molar-refractivity contribution in [3.63, 3.8) is 0 Å². The fourth-order valence-electron chi connectivity index (χ4n) is 2.01. The minimum atomic E-state index is 0.126. The highest BCUT2D eigenvalue weighted by molar-refractivity contribution is 9.10. The number of hydrogen-bond acceptors (Lipinski definition) is 3. The lowest BCUT2D eigenvalue weighted by Crippen LogP contribution is -2.30. The van der Waals surface area contributed by atoms with Crippen LogP contribution in [0.15, 0.2) is 22.7 Å². The van der Waals surface area contributed by atoms with Gasteiger partial charge >= 0.3 is 0 Å². The van der Waals surface area contributed by atoms with Gasteiger partial charge in [-0.15, -0.1) is 0 Å². The molecule has 0 aliphatic carbocycles. The number of benzene rings is 1. The van der Waals surface area contributed by atoms with Crippen LogP contribution in [-0.2, 0) is 4.79 Å². The van der Waals surface area contributed by atoms with Crippen LogP contribution in [0, 0.1) is 0 Å². The number of nitrogens with zero attached hydrogens (tertiary/aromatic N) is 1. The number of anilines is 1. The van der Waals surface area contributed by atoms with Crippen molar-refractivity contribution >= 4 is 27.5 Å². The molecule has 1 N–H and O–H groups in total. The summed E-state index contributed by atoms with van der Waals surface area (Å²) in [6.45, 7) is 0.683. The number of carbonyl (C=O) groups excluding carboxylic acids is 1. The maximum atomic E-state index is 11.9. The van der Waals surface area contributed by atoms with Crippen LogP contribution < -0.4 is 15.0 Å². The van der Waals surface area contributed by atoms with Crippen molar-refractivity contribution in [2.45, 2.75) is 12.5 Å². The van der Waals surface area contributed by atoms with Crippen LogP contribution in [-0.4, -0.2) is 32.7 Å². The summed E-state index contributed by atoms with van der Waals surface area (Å²) in [5.41, 5.74) is 0.824. The zero-order valence-electron chi connectivity index (χ0n) is 9.87. The molecule has 1 aromatic carbocycles. The fraction of sp³-hybridized carbons (Fsp3) is 0.417. The van der Waals surface area contributed by atoms with E-state index < -0.39 is 0 Å². The van der Waals surface area contributed by atoms with Gasteiger partial charge in [0.2, 0.25) is 5.91 Å². The van der Waals surface area contributed by atoms with E-state index in [2.05, 4.69) is 21.2 Å². The third-order valence-corrected chi connectivity index (χ3v) is 3.46. The fourth-order valence-corrected chi connectivity index (χ4v) is 2.36. The number of amides is 1. The molecule has 1 atom stereocenters. The number of carbonyl (C=O) groups is 1. The maximum Gasteiger partial charge on any atom is 0.228 e. The molecular weight excluding hydrogens is 284 g/mol. The van der Waals surface area contributed by atoms with Crippen LogP contribution in [0.25, 0.3) is 0 Å². The topological polar surface area (TPSA) is 41.6 Å². The summed E-state index contributed by atoms with van der Waals surface area (Å²) in [4.78, 5) is 13.7. The highest BCUT2D eigenvalue weighted by atomic mass is 79.9. The number of rotatable bonds is 3. The molecule has 92 valence electrons. The van der Waals surface area contributed by atoms with Crippen LogP contribution in [0.2, 0.25) is 0 Å². The number of methoxy groups -OCH3 is 1. The van der Waals surface area contributed by atoms with E-state index in [1.807, 2.05) is 25.2 Å². The Labute approximate surface area is 109 Å².